The highest BCUT2D eigenvalue weighted by Crippen LogP contribution is 2.43. The van der Waals surface area contributed by atoms with Crippen molar-refractivity contribution in [3.8, 4) is 11.8 Å². The van der Waals surface area contributed by atoms with Gasteiger partial charge in [-0.15, -0.1) is 0 Å². The first-order valence-electron chi connectivity index (χ1n) is 10.2. The summed E-state index contributed by atoms with van der Waals surface area (Å²) in [4.78, 5) is 2.42. The van der Waals surface area contributed by atoms with Gasteiger partial charge in [0.1, 0.15) is 5.60 Å². The Kier molecular flexibility index (Phi) is 5.08. The molecule has 3 heteroatoms. The number of ether oxygens (including phenoxy) is 1. The molecule has 1 unspecified atom stereocenters. The van der Waals surface area contributed by atoms with Gasteiger partial charge in [0.2, 0.25) is 0 Å². The summed E-state index contributed by atoms with van der Waals surface area (Å²) in [5.41, 5.74) is -1.36. The number of hydrogen-bond acceptors (Lipinski definition) is 2. The van der Waals surface area contributed by atoms with Gasteiger partial charge in [0.05, 0.1) is 0 Å². The van der Waals surface area contributed by atoms with Crippen molar-refractivity contribution in [3.05, 3.63) is 35.9 Å². The zero-order chi connectivity index (χ0) is 18.0. The standard InChI is InChI=1S/C23H30FNO/c1-26-22(18-25-16-12-19(22)13-17-25)14-15-23(24,20-8-4-2-5-9-20)21-10-6-3-7-11-21/h2,4-5,8-9,19,21H,3,6-7,10-13,16-18H2,1H3/t22-,23?/m1/s1. The molecule has 3 aliphatic heterocycles. The van der Waals surface area contributed by atoms with Crippen LogP contribution in [0, 0.1) is 23.7 Å². The summed E-state index contributed by atoms with van der Waals surface area (Å²) in [6.07, 6.45) is 7.50. The van der Waals surface area contributed by atoms with Crippen molar-refractivity contribution in [2.45, 2.75) is 56.2 Å². The van der Waals surface area contributed by atoms with Gasteiger partial charge >= 0.3 is 0 Å². The van der Waals surface area contributed by atoms with Crippen LogP contribution in [0.5, 0.6) is 0 Å². The molecule has 1 aliphatic carbocycles. The molecule has 3 saturated heterocycles. The largest absolute Gasteiger partial charge is 0.364 e. The highest BCUT2D eigenvalue weighted by Gasteiger charge is 2.47. The molecule has 4 aliphatic rings. The molecule has 5 rings (SSSR count). The zero-order valence-corrected chi connectivity index (χ0v) is 15.8. The van der Waals surface area contributed by atoms with Crippen LogP contribution in [0.3, 0.4) is 0 Å². The zero-order valence-electron chi connectivity index (χ0n) is 15.8. The number of fused-ring (bicyclic) bond motifs is 3. The van der Waals surface area contributed by atoms with Crippen LogP contribution >= 0.6 is 0 Å². The molecular formula is C23H30FNO. The fourth-order valence-electron chi connectivity index (χ4n) is 5.23. The Morgan fingerprint density at radius 3 is 2.35 bits per heavy atom. The molecule has 0 radical (unpaired) electrons. The number of methoxy groups -OCH3 is 1. The Morgan fingerprint density at radius 1 is 1.08 bits per heavy atom. The number of benzene rings is 1. The third-order valence-electron chi connectivity index (χ3n) is 6.89. The molecule has 0 spiro atoms. The van der Waals surface area contributed by atoms with Crippen molar-refractivity contribution in [2.24, 2.45) is 11.8 Å². The van der Waals surface area contributed by atoms with Crippen LogP contribution in [0.4, 0.5) is 4.39 Å². The molecule has 4 fully saturated rings. The van der Waals surface area contributed by atoms with Crippen molar-refractivity contribution in [1.82, 2.24) is 4.90 Å². The van der Waals surface area contributed by atoms with Gasteiger partial charge in [-0.25, -0.2) is 4.39 Å². The predicted molar refractivity (Wildman–Crippen MR) is 102 cm³/mol. The van der Waals surface area contributed by atoms with Crippen molar-refractivity contribution in [1.29, 1.82) is 0 Å². The normalized spacial score (nSPS) is 33.9. The summed E-state index contributed by atoms with van der Waals surface area (Å²) in [5, 5.41) is 0. The van der Waals surface area contributed by atoms with Crippen LogP contribution in [-0.2, 0) is 10.4 Å². The van der Waals surface area contributed by atoms with Gasteiger partial charge in [-0.05, 0) is 38.8 Å². The van der Waals surface area contributed by atoms with Crippen LogP contribution in [0.2, 0.25) is 0 Å². The van der Waals surface area contributed by atoms with E-state index in [1.165, 1.54) is 6.42 Å². The number of rotatable bonds is 3. The summed E-state index contributed by atoms with van der Waals surface area (Å²) in [5.74, 6) is 6.94. The maximum Gasteiger partial charge on any atom is 0.198 e. The van der Waals surface area contributed by atoms with E-state index in [9.17, 15) is 0 Å². The lowest BCUT2D eigenvalue weighted by Gasteiger charge is -2.50. The topological polar surface area (TPSA) is 12.5 Å². The van der Waals surface area contributed by atoms with Crippen LogP contribution in [0.15, 0.2) is 30.3 Å². The Bertz CT molecular complexity index is 666. The first kappa shape index (κ1) is 18.0. The number of halogens is 1. The third kappa shape index (κ3) is 3.19. The van der Waals surface area contributed by atoms with Gasteiger partial charge in [-0.1, -0.05) is 61.4 Å². The minimum absolute atomic E-state index is 0.0128. The summed E-state index contributed by atoms with van der Waals surface area (Å²) in [6.45, 7) is 3.07. The molecule has 3 heterocycles. The van der Waals surface area contributed by atoms with Gasteiger partial charge in [0.15, 0.2) is 5.67 Å². The number of hydrogen-bond donors (Lipinski definition) is 0. The Labute approximate surface area is 157 Å². The quantitative estimate of drug-likeness (QED) is 0.738. The average Bonchev–Trinajstić information content (AvgIpc) is 2.74. The molecular weight excluding hydrogens is 325 g/mol. The van der Waals surface area contributed by atoms with Crippen LogP contribution < -0.4 is 0 Å². The first-order valence-corrected chi connectivity index (χ1v) is 10.2. The minimum atomic E-state index is -1.57. The van der Waals surface area contributed by atoms with E-state index in [-0.39, 0.29) is 5.92 Å². The molecule has 0 N–H and O–H groups in total. The molecule has 2 atom stereocenters. The summed E-state index contributed by atoms with van der Waals surface area (Å²) >= 11 is 0. The fourth-order valence-corrected chi connectivity index (χ4v) is 5.23. The molecule has 2 nitrogen and oxygen atoms in total. The lowest BCUT2D eigenvalue weighted by Crippen LogP contribution is -2.59. The lowest BCUT2D eigenvalue weighted by molar-refractivity contribution is -0.0965. The average molecular weight is 355 g/mol. The molecule has 2 bridgehead atoms. The summed E-state index contributed by atoms with van der Waals surface area (Å²) in [6, 6.07) is 9.60. The second kappa shape index (κ2) is 7.33. The van der Waals surface area contributed by atoms with E-state index in [1.807, 2.05) is 30.3 Å². The smallest absolute Gasteiger partial charge is 0.198 e. The van der Waals surface area contributed by atoms with Crippen molar-refractivity contribution < 1.29 is 9.13 Å². The second-order valence-electron chi connectivity index (χ2n) is 8.31. The fraction of sp³-hybridized carbons (Fsp3) is 0.652. The number of piperidine rings is 3. The Balaban J connectivity index is 1.70. The first-order chi connectivity index (χ1) is 12.7. The Hall–Kier alpha value is -1.37. The summed E-state index contributed by atoms with van der Waals surface area (Å²) in [7, 11) is 1.75. The van der Waals surface area contributed by atoms with Crippen molar-refractivity contribution in [3.63, 3.8) is 0 Å². The highest BCUT2D eigenvalue weighted by molar-refractivity contribution is 5.36. The monoisotopic (exact) mass is 355 g/mol. The number of nitrogens with zero attached hydrogens (tertiary/aromatic N) is 1. The van der Waals surface area contributed by atoms with E-state index in [0.29, 0.717) is 11.5 Å². The predicted octanol–water partition coefficient (Wildman–Crippen LogP) is 4.55. The number of alkyl halides is 1. The Morgan fingerprint density at radius 2 is 1.77 bits per heavy atom. The van der Waals surface area contributed by atoms with Gasteiger partial charge in [0.25, 0.3) is 0 Å². The SMILES string of the molecule is CO[C@]1(C#CC(F)(c2ccccc2)C2CCCCC2)CN2CCC1CC2. The van der Waals surface area contributed by atoms with Gasteiger partial charge in [-0.3, -0.25) is 4.90 Å². The van der Waals surface area contributed by atoms with E-state index >= 15 is 4.39 Å². The minimum Gasteiger partial charge on any atom is -0.364 e. The van der Waals surface area contributed by atoms with Crippen LogP contribution in [-0.4, -0.2) is 37.2 Å². The molecule has 0 aromatic heterocycles. The lowest BCUT2D eigenvalue weighted by atomic mass is 9.72. The van der Waals surface area contributed by atoms with Crippen LogP contribution in [0.25, 0.3) is 0 Å². The van der Waals surface area contributed by atoms with E-state index < -0.39 is 11.3 Å². The van der Waals surface area contributed by atoms with Crippen molar-refractivity contribution >= 4 is 0 Å². The molecule has 0 amide bonds. The molecule has 1 aromatic rings. The maximum absolute atomic E-state index is 16.5. The van der Waals surface area contributed by atoms with E-state index in [2.05, 4.69) is 16.7 Å². The van der Waals surface area contributed by atoms with E-state index in [0.717, 1.165) is 58.2 Å². The third-order valence-corrected chi connectivity index (χ3v) is 6.89. The molecule has 1 saturated carbocycles. The van der Waals surface area contributed by atoms with Gasteiger partial charge in [-0.2, -0.15) is 0 Å². The maximum atomic E-state index is 16.5. The van der Waals surface area contributed by atoms with Crippen molar-refractivity contribution in [2.75, 3.05) is 26.7 Å². The van der Waals surface area contributed by atoms with Gasteiger partial charge in [0, 0.05) is 31.1 Å². The summed E-state index contributed by atoms with van der Waals surface area (Å²) < 4.78 is 22.4. The van der Waals surface area contributed by atoms with E-state index in [4.69, 9.17) is 4.74 Å². The van der Waals surface area contributed by atoms with Gasteiger partial charge < -0.3 is 4.74 Å². The molecule has 1 aromatic carbocycles. The van der Waals surface area contributed by atoms with Crippen LogP contribution in [0.1, 0.15) is 50.5 Å². The second-order valence-corrected chi connectivity index (χ2v) is 8.31. The van der Waals surface area contributed by atoms with E-state index in [1.54, 1.807) is 7.11 Å². The molecule has 140 valence electrons. The molecule has 26 heavy (non-hydrogen) atoms. The highest BCUT2D eigenvalue weighted by atomic mass is 19.1.